The maximum atomic E-state index is 13.0. The molecule has 6 heteroatoms. The van der Waals surface area contributed by atoms with E-state index in [1.165, 1.54) is 12.1 Å². The van der Waals surface area contributed by atoms with E-state index in [0.717, 1.165) is 11.1 Å². The molecule has 1 aliphatic heterocycles. The van der Waals surface area contributed by atoms with Crippen molar-refractivity contribution in [3.63, 3.8) is 0 Å². The van der Waals surface area contributed by atoms with E-state index in [9.17, 15) is 19.4 Å². The monoisotopic (exact) mass is 486 g/mol. The van der Waals surface area contributed by atoms with Crippen LogP contribution in [0, 0.1) is 41.8 Å². The molecule has 3 rings (SSSR count). The molecule has 192 valence electrons. The Morgan fingerprint density at radius 2 is 2.03 bits per heavy atom. The molecule has 0 amide bonds. The van der Waals surface area contributed by atoms with Gasteiger partial charge in [0.1, 0.15) is 17.5 Å². The van der Waals surface area contributed by atoms with Gasteiger partial charge in [-0.3, -0.25) is 4.79 Å². The first-order valence-electron chi connectivity index (χ1n) is 12.5. The summed E-state index contributed by atoms with van der Waals surface area (Å²) < 4.78 is 24.4. The van der Waals surface area contributed by atoms with Crippen LogP contribution in [0.15, 0.2) is 35.9 Å². The zero-order valence-electron chi connectivity index (χ0n) is 21.3. The fourth-order valence-electron chi connectivity index (χ4n) is 5.82. The van der Waals surface area contributed by atoms with E-state index in [1.54, 1.807) is 12.1 Å². The second-order valence-electron chi connectivity index (χ2n) is 11.0. The Hall–Kier alpha value is -2.20. The lowest BCUT2D eigenvalue weighted by Crippen LogP contribution is -2.45. The predicted molar refractivity (Wildman–Crippen MR) is 132 cm³/mol. The van der Waals surface area contributed by atoms with Gasteiger partial charge in [-0.25, -0.2) is 4.39 Å². The smallest absolute Gasteiger partial charge is 0.310 e. The van der Waals surface area contributed by atoms with Crippen LogP contribution >= 0.6 is 0 Å². The highest BCUT2D eigenvalue weighted by atomic mass is 19.1. The molecule has 1 saturated carbocycles. The number of esters is 1. The minimum absolute atomic E-state index is 0.00795. The maximum absolute atomic E-state index is 13.0. The summed E-state index contributed by atoms with van der Waals surface area (Å²) in [5, 5.41) is 22.3. The second kappa shape index (κ2) is 11.2. The molecular formula is C29H39FO5. The van der Waals surface area contributed by atoms with Crippen molar-refractivity contribution >= 4 is 5.97 Å². The Morgan fingerprint density at radius 3 is 2.69 bits per heavy atom. The van der Waals surface area contributed by atoms with Gasteiger partial charge in [-0.2, -0.15) is 0 Å². The Bertz CT molecular complexity index is 947. The summed E-state index contributed by atoms with van der Waals surface area (Å²) in [4.78, 5) is 12.6. The van der Waals surface area contributed by atoms with Gasteiger partial charge in [0.2, 0.25) is 0 Å². The van der Waals surface area contributed by atoms with E-state index < -0.39 is 29.1 Å². The number of aliphatic hydroxyl groups is 2. The standard InChI is InChI=1S/C29H39FO5/c1-6-26(31)25-12-11-24-23(27(32)35-28(24,4)5)16-29(25,33)14-13-19(2)15-20(3)17-34-18-21-7-9-22(30)10-8-21/h1,7-10,15,20,23-26,31,33H,11-14,16-18H2,2-5H3/b19-15-/t20-,23+,24+,25-,26+,29-/m0/s1. The number of ether oxygens (including phenoxy) is 2. The van der Waals surface area contributed by atoms with E-state index in [-0.39, 0.29) is 30.0 Å². The van der Waals surface area contributed by atoms with Crippen molar-refractivity contribution in [2.24, 2.45) is 23.7 Å². The largest absolute Gasteiger partial charge is 0.459 e. The van der Waals surface area contributed by atoms with Crippen LogP contribution in [0.25, 0.3) is 0 Å². The molecular weight excluding hydrogens is 447 g/mol. The summed E-state index contributed by atoms with van der Waals surface area (Å²) in [7, 11) is 0. The Morgan fingerprint density at radius 1 is 1.34 bits per heavy atom. The van der Waals surface area contributed by atoms with Gasteiger partial charge in [0, 0.05) is 11.8 Å². The molecule has 2 N–H and O–H groups in total. The summed E-state index contributed by atoms with van der Waals surface area (Å²) >= 11 is 0. The topological polar surface area (TPSA) is 76.0 Å². The average Bonchev–Trinajstić information content (AvgIpc) is 2.91. The second-order valence-corrected chi connectivity index (χ2v) is 11.0. The van der Waals surface area contributed by atoms with Gasteiger partial charge < -0.3 is 19.7 Å². The molecule has 0 aromatic heterocycles. The highest BCUT2D eigenvalue weighted by Crippen LogP contribution is 2.50. The van der Waals surface area contributed by atoms with Crippen LogP contribution in [-0.4, -0.2) is 40.1 Å². The predicted octanol–water partition coefficient (Wildman–Crippen LogP) is 4.80. The number of benzene rings is 1. The van der Waals surface area contributed by atoms with Gasteiger partial charge in [0.05, 0.1) is 24.7 Å². The molecule has 35 heavy (non-hydrogen) atoms. The summed E-state index contributed by atoms with van der Waals surface area (Å²) in [6.07, 6.45) is 9.06. The van der Waals surface area contributed by atoms with E-state index in [1.807, 2.05) is 20.8 Å². The quantitative estimate of drug-likeness (QED) is 0.298. The molecule has 2 aliphatic rings. The van der Waals surface area contributed by atoms with Crippen LogP contribution < -0.4 is 0 Å². The molecule has 5 nitrogen and oxygen atoms in total. The van der Waals surface area contributed by atoms with Crippen LogP contribution in [-0.2, 0) is 20.9 Å². The third kappa shape index (κ3) is 6.73. The molecule has 1 aliphatic carbocycles. The average molecular weight is 487 g/mol. The zero-order valence-corrected chi connectivity index (χ0v) is 21.3. The Labute approximate surface area is 208 Å². The SMILES string of the molecule is C#C[C@@H](O)[C@@H]1CC[C@@H]2[C@@H](C[C@@]1(O)CC/C(C)=C\[C@H](C)COCc1ccc(F)cc1)C(=O)OC2(C)C. The van der Waals surface area contributed by atoms with Crippen molar-refractivity contribution in [2.45, 2.75) is 83.7 Å². The highest BCUT2D eigenvalue weighted by Gasteiger charge is 2.56. The lowest BCUT2D eigenvalue weighted by atomic mass is 9.74. The van der Waals surface area contributed by atoms with Crippen molar-refractivity contribution < 1.29 is 28.9 Å². The van der Waals surface area contributed by atoms with Gasteiger partial charge in [-0.05, 0) is 76.5 Å². The molecule has 2 fully saturated rings. The normalized spacial score (nSPS) is 30.1. The van der Waals surface area contributed by atoms with Crippen LogP contribution in [0.5, 0.6) is 0 Å². The van der Waals surface area contributed by atoms with Crippen molar-refractivity contribution in [1.82, 2.24) is 0 Å². The molecule has 0 unspecified atom stereocenters. The number of carbonyl (C=O) groups is 1. The number of terminal acetylenes is 1. The van der Waals surface area contributed by atoms with E-state index in [0.29, 0.717) is 38.9 Å². The van der Waals surface area contributed by atoms with E-state index >= 15 is 0 Å². The number of cyclic esters (lactones) is 1. The van der Waals surface area contributed by atoms with Gasteiger partial charge >= 0.3 is 5.97 Å². The lowest BCUT2D eigenvalue weighted by molar-refractivity contribution is -0.151. The van der Waals surface area contributed by atoms with Crippen molar-refractivity contribution in [1.29, 1.82) is 0 Å². The number of carbonyl (C=O) groups excluding carboxylic acids is 1. The number of allylic oxidation sites excluding steroid dienone is 1. The first kappa shape index (κ1) is 27.4. The van der Waals surface area contributed by atoms with Gasteiger partial charge in [-0.1, -0.05) is 36.6 Å². The molecule has 6 atom stereocenters. The van der Waals surface area contributed by atoms with Crippen molar-refractivity contribution in [3.8, 4) is 12.3 Å². The zero-order chi connectivity index (χ0) is 25.8. The van der Waals surface area contributed by atoms with Gasteiger partial charge in [0.25, 0.3) is 0 Å². The van der Waals surface area contributed by atoms with E-state index in [2.05, 4.69) is 18.9 Å². The molecule has 1 aromatic carbocycles. The van der Waals surface area contributed by atoms with Gasteiger partial charge in [-0.15, -0.1) is 6.42 Å². The van der Waals surface area contributed by atoms with Crippen LogP contribution in [0.1, 0.15) is 65.4 Å². The number of rotatable bonds is 9. The summed E-state index contributed by atoms with van der Waals surface area (Å²) in [6, 6.07) is 6.26. The summed E-state index contributed by atoms with van der Waals surface area (Å²) in [5.74, 6) is 1.12. The number of hydrogen-bond acceptors (Lipinski definition) is 5. The summed E-state index contributed by atoms with van der Waals surface area (Å²) in [5.41, 5.74) is 0.167. The molecule has 0 bridgehead atoms. The number of hydrogen-bond donors (Lipinski definition) is 2. The van der Waals surface area contributed by atoms with Crippen LogP contribution in [0.2, 0.25) is 0 Å². The third-order valence-corrected chi connectivity index (χ3v) is 7.73. The molecule has 1 heterocycles. The minimum Gasteiger partial charge on any atom is -0.459 e. The number of aliphatic hydroxyl groups excluding tert-OH is 1. The first-order valence-corrected chi connectivity index (χ1v) is 12.5. The Balaban J connectivity index is 1.62. The highest BCUT2D eigenvalue weighted by molar-refractivity contribution is 5.76. The maximum Gasteiger partial charge on any atom is 0.310 e. The number of fused-ring (bicyclic) bond motifs is 1. The van der Waals surface area contributed by atoms with E-state index in [4.69, 9.17) is 15.9 Å². The third-order valence-electron chi connectivity index (χ3n) is 7.73. The fraction of sp³-hybridized carbons (Fsp3) is 0.621. The fourth-order valence-corrected chi connectivity index (χ4v) is 5.82. The van der Waals surface area contributed by atoms with Crippen molar-refractivity contribution in [2.75, 3.05) is 6.61 Å². The molecule has 1 saturated heterocycles. The summed E-state index contributed by atoms with van der Waals surface area (Å²) in [6.45, 7) is 8.83. The molecule has 1 aromatic rings. The van der Waals surface area contributed by atoms with Crippen LogP contribution in [0.4, 0.5) is 4.39 Å². The van der Waals surface area contributed by atoms with Crippen molar-refractivity contribution in [3.05, 3.63) is 47.3 Å². The van der Waals surface area contributed by atoms with Gasteiger partial charge in [0.15, 0.2) is 0 Å². The Kier molecular flexibility index (Phi) is 8.80. The first-order chi connectivity index (χ1) is 16.4. The number of halogens is 1. The molecule has 0 spiro atoms. The lowest BCUT2D eigenvalue weighted by Gasteiger charge is -2.37. The molecule has 0 radical (unpaired) electrons. The minimum atomic E-state index is -1.26. The van der Waals surface area contributed by atoms with Crippen LogP contribution in [0.3, 0.4) is 0 Å².